The van der Waals surface area contributed by atoms with Crippen LogP contribution in [-0.4, -0.2) is 43.5 Å². The molecule has 5 heterocycles. The predicted molar refractivity (Wildman–Crippen MR) is 296 cm³/mol. The van der Waals surface area contributed by atoms with Gasteiger partial charge in [0.05, 0.1) is 39.5 Å². The second-order valence-corrected chi connectivity index (χ2v) is 18.8. The fourth-order valence-corrected chi connectivity index (χ4v) is 12.0. The Bertz CT molecular complexity index is 4090. The highest BCUT2D eigenvalue weighted by atomic mass is 15.4. The van der Waals surface area contributed by atoms with Crippen LogP contribution in [0.3, 0.4) is 0 Å². The quantitative estimate of drug-likeness (QED) is 0.150. The number of hydrogen-bond donors (Lipinski definition) is 0. The molecule has 1 aliphatic carbocycles. The van der Waals surface area contributed by atoms with Crippen molar-refractivity contribution in [3.8, 4) is 5.69 Å². The van der Waals surface area contributed by atoms with Crippen molar-refractivity contribution in [3.63, 3.8) is 0 Å². The number of anilines is 1. The van der Waals surface area contributed by atoms with E-state index in [1.807, 2.05) is 0 Å². The number of para-hydroxylation sites is 5. The molecule has 7 nitrogen and oxygen atoms in total. The lowest BCUT2D eigenvalue weighted by molar-refractivity contribution is 0.381. The number of guanidine groups is 1. The second-order valence-electron chi connectivity index (χ2n) is 18.8. The number of aromatic nitrogens is 3. The van der Waals surface area contributed by atoms with Gasteiger partial charge in [-0.05, 0) is 84.3 Å². The Hall–Kier alpha value is -8.94. The highest BCUT2D eigenvalue weighted by Gasteiger charge is 2.42. The molecule has 71 heavy (non-hydrogen) atoms. The minimum atomic E-state index is -0.248. The van der Waals surface area contributed by atoms with Crippen molar-refractivity contribution < 1.29 is 0 Å². The van der Waals surface area contributed by atoms with E-state index in [1.54, 1.807) is 0 Å². The maximum atomic E-state index is 5.53. The lowest BCUT2D eigenvalue weighted by Gasteiger charge is -2.36. The lowest BCUT2D eigenvalue weighted by Crippen LogP contribution is -2.44. The first-order chi connectivity index (χ1) is 35.1. The molecule has 3 aliphatic rings. The van der Waals surface area contributed by atoms with Gasteiger partial charge < -0.3 is 23.5 Å². The zero-order valence-corrected chi connectivity index (χ0v) is 39.6. The van der Waals surface area contributed by atoms with Crippen LogP contribution in [0.2, 0.25) is 0 Å². The third-order valence-electron chi connectivity index (χ3n) is 15.0. The molecule has 0 N–H and O–H groups in total. The highest BCUT2D eigenvalue weighted by molar-refractivity contribution is 6.25. The van der Waals surface area contributed by atoms with Crippen molar-refractivity contribution in [1.82, 2.24) is 18.6 Å². The van der Waals surface area contributed by atoms with Crippen molar-refractivity contribution in [2.24, 2.45) is 9.98 Å². The summed E-state index contributed by atoms with van der Waals surface area (Å²) in [7, 11) is 2.11. The molecule has 8 aromatic carbocycles. The van der Waals surface area contributed by atoms with Gasteiger partial charge in [0.2, 0.25) is 5.96 Å². The fourth-order valence-electron chi connectivity index (χ4n) is 12.0. The maximum absolute atomic E-state index is 5.53. The van der Waals surface area contributed by atoms with Crippen LogP contribution in [0.25, 0.3) is 77.5 Å². The number of hydrogen-bond acceptors (Lipinski definition) is 4. The molecular weight excluding hydrogens is 867 g/mol. The summed E-state index contributed by atoms with van der Waals surface area (Å²) >= 11 is 0. The van der Waals surface area contributed by atoms with Crippen LogP contribution in [0.5, 0.6) is 0 Å². The topological polar surface area (TPSA) is 46.0 Å². The first-order valence-electron chi connectivity index (χ1n) is 24.7. The Balaban J connectivity index is 0.939. The monoisotopic (exact) mass is 915 g/mol. The molecular formula is C64H49N7. The number of fused-ring (bicyclic) bond motifs is 13. The van der Waals surface area contributed by atoms with Gasteiger partial charge in [-0.25, -0.2) is 4.99 Å². The molecule has 0 radical (unpaired) electrons. The van der Waals surface area contributed by atoms with E-state index in [4.69, 9.17) is 9.98 Å². The van der Waals surface area contributed by atoms with Crippen LogP contribution in [0, 0.1) is 0 Å². The van der Waals surface area contributed by atoms with Gasteiger partial charge in [0.15, 0.2) is 6.17 Å². The number of amidine groups is 1. The minimum absolute atomic E-state index is 0.00863. The van der Waals surface area contributed by atoms with Gasteiger partial charge >= 0.3 is 0 Å². The van der Waals surface area contributed by atoms with Gasteiger partial charge in [0.1, 0.15) is 5.84 Å². The normalized spacial score (nSPS) is 16.8. The van der Waals surface area contributed by atoms with Crippen molar-refractivity contribution >= 4 is 89.3 Å². The van der Waals surface area contributed by atoms with Crippen LogP contribution in [0.15, 0.2) is 228 Å². The number of allylic oxidation sites excluding steroid dienone is 4. The van der Waals surface area contributed by atoms with E-state index in [-0.39, 0.29) is 12.2 Å². The van der Waals surface area contributed by atoms with Crippen molar-refractivity contribution in [2.45, 2.75) is 32.1 Å². The average molecular weight is 916 g/mol. The first-order valence-corrected chi connectivity index (χ1v) is 24.7. The van der Waals surface area contributed by atoms with E-state index < -0.39 is 0 Å². The van der Waals surface area contributed by atoms with E-state index in [2.05, 4.69) is 262 Å². The summed E-state index contributed by atoms with van der Waals surface area (Å²) in [4.78, 5) is 15.6. The molecule has 340 valence electrons. The van der Waals surface area contributed by atoms with Gasteiger partial charge in [-0.1, -0.05) is 164 Å². The number of aliphatic imine (C=N–C) groups is 2. The van der Waals surface area contributed by atoms with E-state index in [9.17, 15) is 0 Å². The molecule has 0 saturated heterocycles. The predicted octanol–water partition coefficient (Wildman–Crippen LogP) is 14.7. The Morgan fingerprint density at radius 1 is 0.620 bits per heavy atom. The molecule has 0 bridgehead atoms. The molecule has 2 atom stereocenters. The van der Waals surface area contributed by atoms with Gasteiger partial charge in [0, 0.05) is 75.0 Å². The van der Waals surface area contributed by atoms with Crippen LogP contribution in [-0.2, 0) is 13.0 Å². The molecule has 0 spiro atoms. The second kappa shape index (κ2) is 16.4. The maximum Gasteiger partial charge on any atom is 0.230 e. The Morgan fingerprint density at radius 2 is 1.28 bits per heavy atom. The summed E-state index contributed by atoms with van der Waals surface area (Å²) in [5.41, 5.74) is 16.7. The zero-order chi connectivity index (χ0) is 47.2. The molecule has 0 amide bonds. The number of benzene rings is 8. The van der Waals surface area contributed by atoms with Gasteiger partial charge in [0.25, 0.3) is 0 Å². The summed E-state index contributed by atoms with van der Waals surface area (Å²) < 4.78 is 7.48. The molecule has 0 saturated carbocycles. The SMILES string of the molecule is C/C=C\C(=C/Cn1c2ccccc2c2ccc3c(c4ccccc4n3-c3ccccc3)c21)n1c2c(c3ccccc31)CC1C(=C2)c2ccccc2N1C1=NC(c2ccccc2)N(C)C(c2ccccc2)=N1. The summed E-state index contributed by atoms with van der Waals surface area (Å²) in [6, 6.07) is 72.1. The summed E-state index contributed by atoms with van der Waals surface area (Å²) in [5, 5.41) is 6.30. The smallest absolute Gasteiger partial charge is 0.230 e. The van der Waals surface area contributed by atoms with Gasteiger partial charge in [-0.15, -0.1) is 0 Å². The molecule has 3 aromatic heterocycles. The number of nitrogens with zero attached hydrogens (tertiary/aromatic N) is 7. The van der Waals surface area contributed by atoms with E-state index in [0.29, 0.717) is 6.54 Å². The van der Waals surface area contributed by atoms with Crippen LogP contribution >= 0.6 is 0 Å². The summed E-state index contributed by atoms with van der Waals surface area (Å²) in [5.74, 6) is 1.63. The van der Waals surface area contributed by atoms with Crippen LogP contribution in [0.1, 0.15) is 41.0 Å². The third-order valence-corrected chi connectivity index (χ3v) is 15.0. The molecule has 11 aromatic rings. The van der Waals surface area contributed by atoms with Crippen LogP contribution < -0.4 is 4.90 Å². The molecule has 2 unspecified atom stereocenters. The highest BCUT2D eigenvalue weighted by Crippen LogP contribution is 2.49. The fraction of sp³-hybridized carbons (Fsp3) is 0.0938. The van der Waals surface area contributed by atoms with E-state index >= 15 is 0 Å². The average Bonchev–Trinajstić information content (AvgIpc) is 4.15. The van der Waals surface area contributed by atoms with Gasteiger partial charge in [-0.3, -0.25) is 0 Å². The minimum Gasteiger partial charge on any atom is -0.336 e. The standard InChI is InChI=1S/C64H49N7/c1-3-21-44(38-39-68-53-32-17-13-28-46(53)49-36-37-57-60(61(49)68)50-31-16-20-35-56(50)69(57)45-26-11-6-12-27-45)70-54-33-18-14-29-47(54)51-41-59-52(40-58(51)70)48-30-15-19-34-55(48)71(59)64-65-62(42-22-7-4-8-23-42)67(2)63(66-64)43-24-9-5-10-25-43/h3-38,40,59,62H,39,41H2,1-2H3/b21-3-,44-38+. The third kappa shape index (κ3) is 6.29. The summed E-state index contributed by atoms with van der Waals surface area (Å²) in [6.45, 7) is 2.80. The molecule has 14 rings (SSSR count). The van der Waals surface area contributed by atoms with Crippen molar-refractivity contribution in [2.75, 3.05) is 11.9 Å². The van der Waals surface area contributed by atoms with E-state index in [1.165, 1.54) is 76.9 Å². The van der Waals surface area contributed by atoms with Crippen LogP contribution in [0.4, 0.5) is 5.69 Å². The van der Waals surface area contributed by atoms with E-state index in [0.717, 1.165) is 46.4 Å². The van der Waals surface area contributed by atoms with Gasteiger partial charge in [-0.2, -0.15) is 4.99 Å². The lowest BCUT2D eigenvalue weighted by atomic mass is 9.89. The molecule has 2 aliphatic heterocycles. The largest absolute Gasteiger partial charge is 0.336 e. The Labute approximate surface area is 412 Å². The molecule has 7 heteroatoms. The Morgan fingerprint density at radius 3 is 2.07 bits per heavy atom. The first kappa shape index (κ1) is 41.1. The molecule has 0 fully saturated rings. The zero-order valence-electron chi connectivity index (χ0n) is 39.6. The van der Waals surface area contributed by atoms with Crippen molar-refractivity contribution in [3.05, 3.63) is 246 Å². The summed E-state index contributed by atoms with van der Waals surface area (Å²) in [6.07, 6.45) is 9.91. The van der Waals surface area contributed by atoms with Crippen molar-refractivity contribution in [1.29, 1.82) is 0 Å². The number of rotatable bonds is 7. The Kier molecular flexibility index (Phi) is 9.46.